The van der Waals surface area contributed by atoms with Crippen LogP contribution in [0.15, 0.2) is 12.1 Å². The van der Waals surface area contributed by atoms with Crippen molar-refractivity contribution in [2.24, 2.45) is 0 Å². The first-order valence-corrected chi connectivity index (χ1v) is 4.99. The van der Waals surface area contributed by atoms with E-state index in [-0.39, 0.29) is 0 Å². The molecule has 0 aliphatic heterocycles. The molecule has 1 aromatic heterocycles. The Hall–Kier alpha value is -1.31. The fourth-order valence-corrected chi connectivity index (χ4v) is 2.18. The lowest BCUT2D eigenvalue weighted by atomic mass is 10.3. The molecule has 3 nitrogen and oxygen atoms in total. The lowest BCUT2D eigenvalue weighted by Gasteiger charge is -2.01. The van der Waals surface area contributed by atoms with Gasteiger partial charge in [-0.05, 0) is 12.1 Å². The Labute approximate surface area is 89.5 Å². The van der Waals surface area contributed by atoms with Gasteiger partial charge in [-0.3, -0.25) is 0 Å². The van der Waals surface area contributed by atoms with Crippen LogP contribution in [0.3, 0.4) is 0 Å². The number of halogens is 1. The van der Waals surface area contributed by atoms with Crippen LogP contribution in [0.2, 0.25) is 5.02 Å². The third-order valence-corrected chi connectivity index (χ3v) is 2.99. The maximum absolute atomic E-state index is 8.70. The SMILES string of the molecule is COc1c(Cl)ccc2sc(C#N)nc12. The monoisotopic (exact) mass is 224 g/mol. The van der Waals surface area contributed by atoms with Gasteiger partial charge in [-0.2, -0.15) is 5.26 Å². The predicted octanol–water partition coefficient (Wildman–Crippen LogP) is 2.83. The maximum atomic E-state index is 8.70. The summed E-state index contributed by atoms with van der Waals surface area (Å²) < 4.78 is 6.02. The number of aromatic nitrogens is 1. The maximum Gasteiger partial charge on any atom is 0.195 e. The minimum Gasteiger partial charge on any atom is -0.493 e. The molecule has 0 atom stereocenters. The molecule has 5 heteroatoms. The van der Waals surface area contributed by atoms with Gasteiger partial charge in [-0.25, -0.2) is 4.98 Å². The molecule has 0 fully saturated rings. The summed E-state index contributed by atoms with van der Waals surface area (Å²) in [6.07, 6.45) is 0. The van der Waals surface area contributed by atoms with E-state index in [1.165, 1.54) is 18.4 Å². The molecule has 14 heavy (non-hydrogen) atoms. The topological polar surface area (TPSA) is 45.9 Å². The summed E-state index contributed by atoms with van der Waals surface area (Å²) in [5.74, 6) is 0.530. The van der Waals surface area contributed by atoms with Gasteiger partial charge in [-0.1, -0.05) is 11.6 Å². The van der Waals surface area contributed by atoms with Crippen molar-refractivity contribution in [1.29, 1.82) is 5.26 Å². The Balaban J connectivity index is 2.81. The highest BCUT2D eigenvalue weighted by molar-refractivity contribution is 7.19. The number of nitrogens with zero attached hydrogens (tertiary/aromatic N) is 2. The molecule has 0 aliphatic rings. The number of fused-ring (bicyclic) bond motifs is 1. The summed E-state index contributed by atoms with van der Waals surface area (Å²) in [6.45, 7) is 0. The number of hydrogen-bond acceptors (Lipinski definition) is 4. The van der Waals surface area contributed by atoms with E-state index < -0.39 is 0 Å². The number of hydrogen-bond donors (Lipinski definition) is 0. The molecule has 0 spiro atoms. The number of thiazole rings is 1. The van der Waals surface area contributed by atoms with E-state index in [2.05, 4.69) is 4.98 Å². The van der Waals surface area contributed by atoms with E-state index in [0.29, 0.717) is 21.3 Å². The first-order valence-electron chi connectivity index (χ1n) is 3.79. The van der Waals surface area contributed by atoms with E-state index in [4.69, 9.17) is 21.6 Å². The van der Waals surface area contributed by atoms with Crippen LogP contribution in [0, 0.1) is 11.3 Å². The molecule has 1 aromatic carbocycles. The second kappa shape index (κ2) is 3.45. The summed E-state index contributed by atoms with van der Waals surface area (Å²) >= 11 is 7.24. The zero-order chi connectivity index (χ0) is 10.1. The molecule has 0 saturated carbocycles. The highest BCUT2D eigenvalue weighted by Crippen LogP contribution is 2.35. The van der Waals surface area contributed by atoms with E-state index >= 15 is 0 Å². The average molecular weight is 225 g/mol. The van der Waals surface area contributed by atoms with Crippen LogP contribution in [0.4, 0.5) is 0 Å². The Kier molecular flexibility index (Phi) is 2.28. The molecular formula is C9H5ClN2OS. The molecule has 0 saturated heterocycles. The quantitative estimate of drug-likeness (QED) is 0.748. The van der Waals surface area contributed by atoms with E-state index in [9.17, 15) is 0 Å². The molecule has 0 bridgehead atoms. The summed E-state index contributed by atoms with van der Waals surface area (Å²) in [6, 6.07) is 5.57. The van der Waals surface area contributed by atoms with Gasteiger partial charge >= 0.3 is 0 Å². The van der Waals surface area contributed by atoms with Crippen LogP contribution in [0.25, 0.3) is 10.2 Å². The molecule has 0 N–H and O–H groups in total. The number of rotatable bonds is 1. The van der Waals surface area contributed by atoms with Gasteiger partial charge in [0.2, 0.25) is 0 Å². The van der Waals surface area contributed by atoms with Crippen molar-refractivity contribution in [2.45, 2.75) is 0 Å². The fourth-order valence-electron chi connectivity index (χ4n) is 1.19. The molecule has 0 aliphatic carbocycles. The van der Waals surface area contributed by atoms with Crippen LogP contribution < -0.4 is 4.74 Å². The second-order valence-electron chi connectivity index (χ2n) is 2.56. The van der Waals surface area contributed by atoms with E-state index in [0.717, 1.165) is 4.70 Å². The van der Waals surface area contributed by atoms with Crippen molar-refractivity contribution in [1.82, 2.24) is 4.98 Å². The molecular weight excluding hydrogens is 220 g/mol. The predicted molar refractivity (Wildman–Crippen MR) is 55.9 cm³/mol. The van der Waals surface area contributed by atoms with Crippen LogP contribution >= 0.6 is 22.9 Å². The van der Waals surface area contributed by atoms with Gasteiger partial charge in [0.25, 0.3) is 0 Å². The van der Waals surface area contributed by atoms with Gasteiger partial charge in [0.1, 0.15) is 11.6 Å². The van der Waals surface area contributed by atoms with Gasteiger partial charge in [0.15, 0.2) is 10.8 Å². The summed E-state index contributed by atoms with van der Waals surface area (Å²) in [4.78, 5) is 4.11. The lowest BCUT2D eigenvalue weighted by molar-refractivity contribution is 0.419. The van der Waals surface area contributed by atoms with E-state index in [1.807, 2.05) is 12.1 Å². The van der Waals surface area contributed by atoms with Gasteiger partial charge in [0.05, 0.1) is 16.8 Å². The third-order valence-electron chi connectivity index (χ3n) is 1.77. The average Bonchev–Trinajstić information content (AvgIpc) is 2.60. The Bertz CT molecular complexity index is 529. The normalized spacial score (nSPS) is 10.1. The summed E-state index contributed by atoms with van der Waals surface area (Å²) in [5.41, 5.74) is 0.654. The van der Waals surface area contributed by atoms with Crippen molar-refractivity contribution in [2.75, 3.05) is 7.11 Å². The number of methoxy groups -OCH3 is 1. The molecule has 0 amide bonds. The summed E-state index contributed by atoms with van der Waals surface area (Å²) in [5, 5.41) is 9.62. The molecule has 1 heterocycles. The van der Waals surface area contributed by atoms with Crippen molar-refractivity contribution in [3.05, 3.63) is 22.2 Å². The summed E-state index contributed by atoms with van der Waals surface area (Å²) in [7, 11) is 1.53. The lowest BCUT2D eigenvalue weighted by Crippen LogP contribution is -1.85. The molecule has 2 rings (SSSR count). The Morgan fingerprint density at radius 3 is 3.00 bits per heavy atom. The largest absolute Gasteiger partial charge is 0.493 e. The third kappa shape index (κ3) is 1.31. The van der Waals surface area contributed by atoms with Crippen LogP contribution in [0.5, 0.6) is 5.75 Å². The standard InChI is InChI=1S/C9H5ClN2OS/c1-13-9-5(10)2-3-6-8(9)12-7(4-11)14-6/h2-3H,1H3. The Morgan fingerprint density at radius 1 is 1.57 bits per heavy atom. The van der Waals surface area contributed by atoms with Crippen molar-refractivity contribution in [3.63, 3.8) is 0 Å². The fraction of sp³-hybridized carbons (Fsp3) is 0.111. The van der Waals surface area contributed by atoms with Gasteiger partial charge in [0, 0.05) is 0 Å². The molecule has 70 valence electrons. The van der Waals surface area contributed by atoms with Crippen LogP contribution in [0.1, 0.15) is 5.01 Å². The van der Waals surface area contributed by atoms with Gasteiger partial charge in [-0.15, -0.1) is 11.3 Å². The number of benzene rings is 1. The highest BCUT2D eigenvalue weighted by Gasteiger charge is 2.11. The zero-order valence-corrected chi connectivity index (χ0v) is 8.82. The Morgan fingerprint density at radius 2 is 2.36 bits per heavy atom. The minimum atomic E-state index is 0.417. The number of nitriles is 1. The zero-order valence-electron chi connectivity index (χ0n) is 7.24. The van der Waals surface area contributed by atoms with Crippen molar-refractivity contribution >= 4 is 33.2 Å². The van der Waals surface area contributed by atoms with Crippen LogP contribution in [-0.4, -0.2) is 12.1 Å². The van der Waals surface area contributed by atoms with Crippen LogP contribution in [-0.2, 0) is 0 Å². The smallest absolute Gasteiger partial charge is 0.195 e. The van der Waals surface area contributed by atoms with E-state index in [1.54, 1.807) is 6.07 Å². The minimum absolute atomic E-state index is 0.417. The molecule has 2 aromatic rings. The van der Waals surface area contributed by atoms with Crippen molar-refractivity contribution in [3.8, 4) is 11.8 Å². The second-order valence-corrected chi connectivity index (χ2v) is 4.00. The molecule has 0 radical (unpaired) electrons. The van der Waals surface area contributed by atoms with Gasteiger partial charge < -0.3 is 4.74 Å². The van der Waals surface area contributed by atoms with Crippen molar-refractivity contribution < 1.29 is 4.74 Å². The highest BCUT2D eigenvalue weighted by atomic mass is 35.5. The first kappa shape index (κ1) is 9.25. The molecule has 0 unspecified atom stereocenters. The number of ether oxygens (including phenoxy) is 1. The first-order chi connectivity index (χ1) is 6.76.